The lowest BCUT2D eigenvalue weighted by atomic mass is 9.87. The molecule has 36 heavy (non-hydrogen) atoms. The maximum absolute atomic E-state index is 14.4. The van der Waals surface area contributed by atoms with Crippen molar-refractivity contribution in [3.8, 4) is 0 Å². The molecule has 0 aromatic heterocycles. The second-order valence-corrected chi connectivity index (χ2v) is 11.9. The molecule has 0 saturated heterocycles. The molecule has 0 saturated carbocycles. The Balaban J connectivity index is 2.38. The Morgan fingerprint density at radius 1 is 1.06 bits per heavy atom. The number of nitrogens with one attached hydrogen (secondary N) is 1. The number of anilines is 1. The molecule has 2 aromatic rings. The van der Waals surface area contributed by atoms with E-state index in [0.717, 1.165) is 29.0 Å². The fraction of sp³-hybridized carbons (Fsp3) is 0.481. The first kappa shape index (κ1) is 29.3. The van der Waals surface area contributed by atoms with E-state index in [1.807, 2.05) is 39.8 Å². The zero-order chi connectivity index (χ0) is 27.1. The summed E-state index contributed by atoms with van der Waals surface area (Å²) >= 11 is 0. The minimum Gasteiger partial charge on any atom is -0.354 e. The van der Waals surface area contributed by atoms with E-state index in [9.17, 15) is 22.4 Å². The topological polar surface area (TPSA) is 86.8 Å². The second-order valence-electron chi connectivity index (χ2n) is 10.0. The van der Waals surface area contributed by atoms with Gasteiger partial charge in [0.25, 0.3) is 0 Å². The van der Waals surface area contributed by atoms with Crippen LogP contribution in [0.4, 0.5) is 10.1 Å². The zero-order valence-corrected chi connectivity index (χ0v) is 22.9. The zero-order valence-electron chi connectivity index (χ0n) is 22.0. The van der Waals surface area contributed by atoms with Crippen molar-refractivity contribution in [2.24, 2.45) is 0 Å². The number of carbonyl (C=O) groups is 2. The van der Waals surface area contributed by atoms with Gasteiger partial charge in [0.1, 0.15) is 18.4 Å². The Morgan fingerprint density at radius 3 is 2.19 bits per heavy atom. The van der Waals surface area contributed by atoms with E-state index < -0.39 is 34.3 Å². The summed E-state index contributed by atoms with van der Waals surface area (Å²) in [6, 6.07) is 12.1. The number of amides is 2. The minimum absolute atomic E-state index is 0.124. The number of benzene rings is 2. The van der Waals surface area contributed by atoms with Crippen LogP contribution in [0.5, 0.6) is 0 Å². The fourth-order valence-electron chi connectivity index (χ4n) is 3.67. The van der Waals surface area contributed by atoms with E-state index in [-0.39, 0.29) is 23.4 Å². The number of hydrogen-bond donors (Lipinski definition) is 1. The number of nitrogens with zero attached hydrogens (tertiary/aromatic N) is 2. The molecule has 0 heterocycles. The summed E-state index contributed by atoms with van der Waals surface area (Å²) in [5, 5.41) is 2.80. The van der Waals surface area contributed by atoms with Gasteiger partial charge in [-0.25, -0.2) is 12.8 Å². The Bertz CT molecular complexity index is 1140. The molecule has 0 radical (unpaired) electrons. The van der Waals surface area contributed by atoms with Gasteiger partial charge in [-0.05, 0) is 42.5 Å². The fourth-order valence-corrected chi connectivity index (χ4v) is 4.52. The maximum atomic E-state index is 14.4. The van der Waals surface area contributed by atoms with Gasteiger partial charge < -0.3 is 10.2 Å². The summed E-state index contributed by atoms with van der Waals surface area (Å²) in [4.78, 5) is 27.5. The number of hydrogen-bond acceptors (Lipinski definition) is 4. The van der Waals surface area contributed by atoms with Gasteiger partial charge in [-0.15, -0.1) is 0 Å². The van der Waals surface area contributed by atoms with Gasteiger partial charge in [0.2, 0.25) is 21.8 Å². The number of sulfonamides is 1. The van der Waals surface area contributed by atoms with E-state index in [2.05, 4.69) is 5.32 Å². The van der Waals surface area contributed by atoms with Crippen LogP contribution in [-0.2, 0) is 31.6 Å². The van der Waals surface area contributed by atoms with Crippen LogP contribution in [-0.4, -0.2) is 50.5 Å². The molecule has 7 nitrogen and oxygen atoms in total. The van der Waals surface area contributed by atoms with Gasteiger partial charge in [0.05, 0.1) is 11.9 Å². The molecule has 2 rings (SSSR count). The van der Waals surface area contributed by atoms with E-state index in [1.165, 1.54) is 17.0 Å². The Hall–Kier alpha value is -2.94. The van der Waals surface area contributed by atoms with Crippen LogP contribution in [0, 0.1) is 5.82 Å². The highest BCUT2D eigenvalue weighted by Gasteiger charge is 2.30. The standard InChI is InChI=1S/C27H38FN3O4S/c1-7-8-17-29-26(33)20(2)30(18-21-11-9-10-12-24(21)28)25(32)19-31(36(6,34)35)23-15-13-22(14-16-23)27(3,4)5/h9-16,20H,7-8,17-19H2,1-6H3,(H,29,33)/t20-/m1/s1. The lowest BCUT2D eigenvalue weighted by Crippen LogP contribution is -2.51. The molecule has 1 atom stereocenters. The second kappa shape index (κ2) is 12.3. The molecule has 0 unspecified atom stereocenters. The lowest BCUT2D eigenvalue weighted by molar-refractivity contribution is -0.139. The van der Waals surface area contributed by atoms with Crippen molar-refractivity contribution in [1.82, 2.24) is 10.2 Å². The van der Waals surface area contributed by atoms with E-state index in [1.54, 1.807) is 31.2 Å². The number of rotatable bonds is 11. The largest absolute Gasteiger partial charge is 0.354 e. The monoisotopic (exact) mass is 519 g/mol. The van der Waals surface area contributed by atoms with E-state index in [0.29, 0.717) is 12.2 Å². The predicted octanol–water partition coefficient (Wildman–Crippen LogP) is 4.22. The molecule has 2 aromatic carbocycles. The first-order valence-corrected chi connectivity index (χ1v) is 14.0. The highest BCUT2D eigenvalue weighted by molar-refractivity contribution is 7.92. The van der Waals surface area contributed by atoms with Crippen LogP contribution in [0.25, 0.3) is 0 Å². The molecule has 2 amide bonds. The summed E-state index contributed by atoms with van der Waals surface area (Å²) in [7, 11) is -3.83. The summed E-state index contributed by atoms with van der Waals surface area (Å²) < 4.78 is 40.8. The van der Waals surface area contributed by atoms with Gasteiger partial charge in [-0.3, -0.25) is 13.9 Å². The molecule has 0 fully saturated rings. The van der Waals surface area contributed by atoms with E-state index >= 15 is 0 Å². The van der Waals surface area contributed by atoms with Crippen LogP contribution in [0.1, 0.15) is 58.6 Å². The Kier molecular flexibility index (Phi) is 10.0. The third kappa shape index (κ3) is 8.05. The smallest absolute Gasteiger partial charge is 0.244 e. The van der Waals surface area contributed by atoms with Crippen molar-refractivity contribution in [2.75, 3.05) is 23.7 Å². The van der Waals surface area contributed by atoms with Crippen LogP contribution >= 0.6 is 0 Å². The molecule has 1 N–H and O–H groups in total. The first-order valence-electron chi connectivity index (χ1n) is 12.1. The average Bonchev–Trinajstić information content (AvgIpc) is 2.80. The Morgan fingerprint density at radius 2 is 1.67 bits per heavy atom. The molecule has 9 heteroatoms. The summed E-state index contributed by atoms with van der Waals surface area (Å²) in [6.45, 7) is 9.47. The van der Waals surface area contributed by atoms with Crippen molar-refractivity contribution in [3.63, 3.8) is 0 Å². The SMILES string of the molecule is CCCCNC(=O)[C@@H](C)N(Cc1ccccc1F)C(=O)CN(c1ccc(C(C)(C)C)cc1)S(C)(=O)=O. The van der Waals surface area contributed by atoms with Crippen molar-refractivity contribution in [3.05, 3.63) is 65.5 Å². The highest BCUT2D eigenvalue weighted by Crippen LogP contribution is 2.26. The van der Waals surface area contributed by atoms with Crippen molar-refractivity contribution >= 4 is 27.5 Å². The molecular formula is C27H38FN3O4S. The average molecular weight is 520 g/mol. The van der Waals surface area contributed by atoms with Crippen LogP contribution in [0.15, 0.2) is 48.5 Å². The van der Waals surface area contributed by atoms with E-state index in [4.69, 9.17) is 0 Å². The lowest BCUT2D eigenvalue weighted by Gasteiger charge is -2.31. The van der Waals surface area contributed by atoms with Gasteiger partial charge in [-0.1, -0.05) is 64.4 Å². The summed E-state index contributed by atoms with van der Waals surface area (Å²) in [5.41, 5.74) is 1.47. The number of halogens is 1. The van der Waals surface area contributed by atoms with Crippen molar-refractivity contribution in [2.45, 2.75) is 65.5 Å². The maximum Gasteiger partial charge on any atom is 0.244 e. The minimum atomic E-state index is -3.83. The van der Waals surface area contributed by atoms with Crippen LogP contribution in [0.2, 0.25) is 0 Å². The van der Waals surface area contributed by atoms with Crippen molar-refractivity contribution < 1.29 is 22.4 Å². The van der Waals surface area contributed by atoms with Crippen LogP contribution in [0.3, 0.4) is 0 Å². The molecule has 0 bridgehead atoms. The van der Waals surface area contributed by atoms with Gasteiger partial charge >= 0.3 is 0 Å². The first-order chi connectivity index (χ1) is 16.8. The van der Waals surface area contributed by atoms with Crippen molar-refractivity contribution in [1.29, 1.82) is 0 Å². The summed E-state index contributed by atoms with van der Waals surface area (Å²) in [6.07, 6.45) is 2.70. The van der Waals surface area contributed by atoms with Crippen LogP contribution < -0.4 is 9.62 Å². The third-order valence-electron chi connectivity index (χ3n) is 6.00. The van der Waals surface area contributed by atoms with Gasteiger partial charge in [-0.2, -0.15) is 0 Å². The molecule has 0 spiro atoms. The molecule has 0 aliphatic carbocycles. The number of carbonyl (C=O) groups excluding carboxylic acids is 2. The van der Waals surface area contributed by atoms with Gasteiger partial charge in [0.15, 0.2) is 0 Å². The quantitative estimate of drug-likeness (QED) is 0.451. The number of unbranched alkanes of at least 4 members (excludes halogenated alkanes) is 1. The molecular weight excluding hydrogens is 481 g/mol. The molecule has 0 aliphatic rings. The summed E-state index contributed by atoms with van der Waals surface area (Å²) in [5.74, 6) is -1.50. The predicted molar refractivity (Wildman–Crippen MR) is 142 cm³/mol. The third-order valence-corrected chi connectivity index (χ3v) is 7.14. The normalized spacial score (nSPS) is 12.6. The van der Waals surface area contributed by atoms with Gasteiger partial charge in [0, 0.05) is 18.7 Å². The Labute approximate surface area is 214 Å². The molecule has 0 aliphatic heterocycles. The molecule has 198 valence electrons. The highest BCUT2D eigenvalue weighted by atomic mass is 32.2.